The highest BCUT2D eigenvalue weighted by molar-refractivity contribution is 7.88. The molecule has 1 unspecified atom stereocenters. The number of nitrogens with zero attached hydrogens (tertiary/aromatic N) is 2. The number of benzene rings is 2. The van der Waals surface area contributed by atoms with Gasteiger partial charge in [0.25, 0.3) is 0 Å². The van der Waals surface area contributed by atoms with E-state index in [1.165, 1.54) is 11.2 Å². The first kappa shape index (κ1) is 25.2. The van der Waals surface area contributed by atoms with Crippen molar-refractivity contribution in [3.63, 3.8) is 0 Å². The minimum absolute atomic E-state index is 0.0592. The van der Waals surface area contributed by atoms with Crippen molar-refractivity contribution in [2.45, 2.75) is 32.6 Å². The second kappa shape index (κ2) is 11.6. The number of hydrogen-bond donors (Lipinski definition) is 1. The van der Waals surface area contributed by atoms with E-state index in [1.54, 1.807) is 31.2 Å². The number of amides is 2. The maximum Gasteiger partial charge on any atom is 0.242 e. The van der Waals surface area contributed by atoms with Crippen LogP contribution in [-0.2, 0) is 39.2 Å². The number of carbonyl (C=O) groups excluding carboxylic acids is 2. The van der Waals surface area contributed by atoms with Gasteiger partial charge in [-0.2, -0.15) is 4.31 Å². The van der Waals surface area contributed by atoms with Gasteiger partial charge in [-0.3, -0.25) is 9.59 Å². The maximum absolute atomic E-state index is 13.4. The molecular formula is C25H29N3O5S. The molecule has 3 rings (SSSR count). The van der Waals surface area contributed by atoms with Crippen LogP contribution in [0, 0.1) is 0 Å². The van der Waals surface area contributed by atoms with Gasteiger partial charge in [0, 0.05) is 13.1 Å². The fourth-order valence-electron chi connectivity index (χ4n) is 3.42. The molecule has 2 aromatic carbocycles. The zero-order valence-electron chi connectivity index (χ0n) is 19.3. The number of rotatable bonds is 11. The van der Waals surface area contributed by atoms with E-state index in [1.807, 2.05) is 48.5 Å². The van der Waals surface area contributed by atoms with Crippen molar-refractivity contribution in [1.29, 1.82) is 0 Å². The van der Waals surface area contributed by atoms with Gasteiger partial charge < -0.3 is 14.6 Å². The fraction of sp³-hybridized carbons (Fsp3) is 0.280. The molecule has 1 atom stereocenters. The molecule has 9 heteroatoms. The van der Waals surface area contributed by atoms with Crippen molar-refractivity contribution in [1.82, 2.24) is 14.5 Å². The van der Waals surface area contributed by atoms with Crippen molar-refractivity contribution in [3.05, 3.63) is 95.9 Å². The third-order valence-corrected chi connectivity index (χ3v) is 6.56. The Balaban J connectivity index is 1.78. The maximum atomic E-state index is 13.4. The molecule has 1 heterocycles. The Labute approximate surface area is 200 Å². The average molecular weight is 484 g/mol. The molecule has 8 nitrogen and oxygen atoms in total. The van der Waals surface area contributed by atoms with E-state index in [2.05, 4.69) is 5.32 Å². The summed E-state index contributed by atoms with van der Waals surface area (Å²) in [5.74, 6) is -0.242. The van der Waals surface area contributed by atoms with Crippen LogP contribution in [-0.4, -0.2) is 48.3 Å². The first-order chi connectivity index (χ1) is 16.2. The molecule has 0 aliphatic heterocycles. The molecule has 3 aromatic rings. The molecule has 180 valence electrons. The van der Waals surface area contributed by atoms with Crippen LogP contribution in [0.15, 0.2) is 83.5 Å². The van der Waals surface area contributed by atoms with Crippen LogP contribution in [0.3, 0.4) is 0 Å². The summed E-state index contributed by atoms with van der Waals surface area (Å²) in [5.41, 5.74) is 1.59. The normalized spacial score (nSPS) is 12.3. The van der Waals surface area contributed by atoms with Gasteiger partial charge in [-0.1, -0.05) is 60.7 Å². The summed E-state index contributed by atoms with van der Waals surface area (Å²) in [4.78, 5) is 27.7. The highest BCUT2D eigenvalue weighted by Gasteiger charge is 2.29. The monoisotopic (exact) mass is 483 g/mol. The van der Waals surface area contributed by atoms with Crippen molar-refractivity contribution >= 4 is 21.8 Å². The SMILES string of the molecule is CC(C(=O)NCc1ccco1)N(Cc1ccccc1)C(=O)CN(Cc1ccccc1)S(C)(=O)=O. The van der Waals surface area contributed by atoms with Crippen LogP contribution >= 0.6 is 0 Å². The standard InChI is InChI=1S/C25H29N3O5S/c1-20(25(30)26-16-23-14-9-15-33-23)28(18-22-12-7-4-8-13-22)24(29)19-27(34(2,31)32)17-21-10-5-3-6-11-21/h3-15,20H,16-19H2,1-2H3,(H,26,30). The number of nitrogens with one attached hydrogen (secondary N) is 1. The van der Waals surface area contributed by atoms with Gasteiger partial charge in [-0.25, -0.2) is 8.42 Å². The molecule has 0 aliphatic carbocycles. The summed E-state index contributed by atoms with van der Waals surface area (Å²) in [6, 6.07) is 21.0. The van der Waals surface area contributed by atoms with Gasteiger partial charge >= 0.3 is 0 Å². The molecule has 0 aliphatic rings. The van der Waals surface area contributed by atoms with E-state index in [0.717, 1.165) is 21.7 Å². The predicted octanol–water partition coefficient (Wildman–Crippen LogP) is 2.77. The molecular weight excluding hydrogens is 454 g/mol. The summed E-state index contributed by atoms with van der Waals surface area (Å²) in [5, 5.41) is 2.77. The zero-order valence-corrected chi connectivity index (χ0v) is 20.1. The summed E-state index contributed by atoms with van der Waals surface area (Å²) < 4.78 is 31.3. The van der Waals surface area contributed by atoms with Gasteiger partial charge in [0.1, 0.15) is 11.8 Å². The van der Waals surface area contributed by atoms with Crippen LogP contribution in [0.2, 0.25) is 0 Å². The van der Waals surface area contributed by atoms with Gasteiger partial charge in [0.05, 0.1) is 25.6 Å². The Morgan fingerprint density at radius 2 is 1.50 bits per heavy atom. The minimum atomic E-state index is -3.68. The largest absolute Gasteiger partial charge is 0.467 e. The van der Waals surface area contributed by atoms with E-state index < -0.39 is 22.0 Å². The van der Waals surface area contributed by atoms with Crippen LogP contribution < -0.4 is 5.32 Å². The van der Waals surface area contributed by atoms with Gasteiger partial charge in [0.2, 0.25) is 21.8 Å². The quantitative estimate of drug-likeness (QED) is 0.452. The lowest BCUT2D eigenvalue weighted by Crippen LogP contribution is -2.50. The third kappa shape index (κ3) is 7.29. The molecule has 0 saturated heterocycles. The highest BCUT2D eigenvalue weighted by atomic mass is 32.2. The number of sulfonamides is 1. The number of furan rings is 1. The van der Waals surface area contributed by atoms with Crippen LogP contribution in [0.1, 0.15) is 23.8 Å². The van der Waals surface area contributed by atoms with Crippen LogP contribution in [0.25, 0.3) is 0 Å². The molecule has 1 aromatic heterocycles. The summed E-state index contributed by atoms with van der Waals surface area (Å²) in [7, 11) is -3.68. The Kier molecular flexibility index (Phi) is 8.61. The predicted molar refractivity (Wildman–Crippen MR) is 129 cm³/mol. The van der Waals surface area contributed by atoms with Gasteiger partial charge in [-0.15, -0.1) is 0 Å². The first-order valence-electron chi connectivity index (χ1n) is 10.9. The summed E-state index contributed by atoms with van der Waals surface area (Å²) in [6.07, 6.45) is 2.59. The lowest BCUT2D eigenvalue weighted by Gasteiger charge is -2.31. The van der Waals surface area contributed by atoms with Crippen molar-refractivity contribution in [2.75, 3.05) is 12.8 Å². The summed E-state index contributed by atoms with van der Waals surface area (Å²) in [6.45, 7) is 1.66. The first-order valence-corrected chi connectivity index (χ1v) is 12.7. The molecule has 1 N–H and O–H groups in total. The van der Waals surface area contributed by atoms with Gasteiger partial charge in [-0.05, 0) is 30.2 Å². The van der Waals surface area contributed by atoms with Crippen LogP contribution in [0.5, 0.6) is 0 Å². The third-order valence-electron chi connectivity index (χ3n) is 5.36. The zero-order chi connectivity index (χ0) is 24.6. The van der Waals surface area contributed by atoms with Crippen LogP contribution in [0.4, 0.5) is 0 Å². The second-order valence-electron chi connectivity index (χ2n) is 8.00. The topological polar surface area (TPSA) is 99.9 Å². The molecule has 0 radical (unpaired) electrons. The van der Waals surface area contributed by atoms with E-state index in [0.29, 0.717) is 5.76 Å². The number of hydrogen-bond acceptors (Lipinski definition) is 5. The molecule has 2 amide bonds. The van der Waals surface area contributed by atoms with Crippen molar-refractivity contribution < 1.29 is 22.4 Å². The molecule has 0 spiro atoms. The lowest BCUT2D eigenvalue weighted by atomic mass is 10.1. The van der Waals surface area contributed by atoms with Crippen molar-refractivity contribution in [3.8, 4) is 0 Å². The number of carbonyl (C=O) groups is 2. The average Bonchev–Trinajstić information content (AvgIpc) is 3.34. The van der Waals surface area contributed by atoms with E-state index in [4.69, 9.17) is 4.42 Å². The summed E-state index contributed by atoms with van der Waals surface area (Å²) >= 11 is 0. The molecule has 0 fully saturated rings. The molecule has 0 bridgehead atoms. The minimum Gasteiger partial charge on any atom is -0.467 e. The highest BCUT2D eigenvalue weighted by Crippen LogP contribution is 2.14. The Morgan fingerprint density at radius 3 is 2.03 bits per heavy atom. The lowest BCUT2D eigenvalue weighted by molar-refractivity contribution is -0.140. The molecule has 0 saturated carbocycles. The Hall–Kier alpha value is -3.43. The van der Waals surface area contributed by atoms with E-state index in [9.17, 15) is 18.0 Å². The Morgan fingerprint density at radius 1 is 0.912 bits per heavy atom. The van der Waals surface area contributed by atoms with Crippen molar-refractivity contribution in [2.24, 2.45) is 0 Å². The van der Waals surface area contributed by atoms with E-state index >= 15 is 0 Å². The second-order valence-corrected chi connectivity index (χ2v) is 9.98. The van der Waals surface area contributed by atoms with E-state index in [-0.39, 0.29) is 32.1 Å². The smallest absolute Gasteiger partial charge is 0.242 e. The molecule has 34 heavy (non-hydrogen) atoms. The Bertz CT molecular complexity index is 1170. The van der Waals surface area contributed by atoms with Gasteiger partial charge in [0.15, 0.2) is 0 Å². The fourth-order valence-corrected chi connectivity index (χ4v) is 4.15.